The number of esters is 1. The number of hydrogen-bond donors (Lipinski definition) is 0. The van der Waals surface area contributed by atoms with Crippen LogP contribution in [0.3, 0.4) is 0 Å². The van der Waals surface area contributed by atoms with Crippen LogP contribution in [0.1, 0.15) is 88.8 Å². The first-order chi connectivity index (χ1) is 8.31. The maximum absolute atomic E-state index is 10.8. The van der Waals surface area contributed by atoms with Crippen molar-refractivity contribution in [1.82, 2.24) is 0 Å². The number of unbranched alkanes of at least 4 members (excludes halogenated alkanes) is 9. The van der Waals surface area contributed by atoms with Gasteiger partial charge < -0.3 is 9.02 Å². The van der Waals surface area contributed by atoms with E-state index in [1.807, 2.05) is 6.92 Å². The summed E-state index contributed by atoms with van der Waals surface area (Å²) in [5.74, 6) is -0.0686. The number of hydrogen-bond acceptors (Lipinski definition) is 2. The molecule has 0 spiro atoms. The molecular formula is C15H33CaNaO2. The molecule has 0 amide bonds. The van der Waals surface area contributed by atoms with Crippen LogP contribution in [-0.2, 0) is 9.53 Å². The molecule has 0 aliphatic heterocycles. The Morgan fingerprint density at radius 3 is 1.68 bits per heavy atom. The first-order valence-corrected chi connectivity index (χ1v) is 7.46. The van der Waals surface area contributed by atoms with Gasteiger partial charge in [-0.2, -0.15) is 0 Å². The van der Waals surface area contributed by atoms with E-state index in [9.17, 15) is 4.79 Å². The number of ether oxygens (including phenoxy) is 1. The van der Waals surface area contributed by atoms with Gasteiger partial charge in [-0.25, -0.2) is 0 Å². The summed E-state index contributed by atoms with van der Waals surface area (Å²) in [5.41, 5.74) is 0. The molecule has 0 unspecified atom stereocenters. The summed E-state index contributed by atoms with van der Waals surface area (Å²) in [6.07, 6.45) is 13.7. The summed E-state index contributed by atoms with van der Waals surface area (Å²) >= 11 is 0. The van der Waals surface area contributed by atoms with E-state index in [1.165, 1.54) is 57.8 Å². The number of carbonyl (C=O) groups excluding carboxylic acids is 1. The smallest absolute Gasteiger partial charge is 1.00 e. The molecule has 0 aliphatic rings. The Labute approximate surface area is 176 Å². The molecule has 0 N–H and O–H groups in total. The van der Waals surface area contributed by atoms with E-state index in [0.717, 1.165) is 6.42 Å². The third kappa shape index (κ3) is 22.2. The minimum absolute atomic E-state index is 0. The van der Waals surface area contributed by atoms with Gasteiger partial charge in [-0.15, -0.1) is 0 Å². The van der Waals surface area contributed by atoms with Gasteiger partial charge in [0, 0.05) is 6.42 Å². The minimum Gasteiger partial charge on any atom is -1.00 e. The number of rotatable bonds is 12. The zero-order chi connectivity index (χ0) is 12.8. The summed E-state index contributed by atoms with van der Waals surface area (Å²) in [6.45, 7) is 4.70. The fourth-order valence-electron chi connectivity index (χ4n) is 1.88. The van der Waals surface area contributed by atoms with E-state index < -0.39 is 0 Å². The molecule has 0 saturated heterocycles. The summed E-state index contributed by atoms with van der Waals surface area (Å²) < 4.78 is 5.02. The molecular weight excluding hydrogens is 275 g/mol. The fraction of sp³-hybridized carbons (Fsp3) is 0.933. The van der Waals surface area contributed by atoms with Crippen LogP contribution in [0.15, 0.2) is 0 Å². The first kappa shape index (κ1) is 25.7. The predicted molar refractivity (Wildman–Crippen MR) is 82.2 cm³/mol. The van der Waals surface area contributed by atoms with Crippen LogP contribution in [-0.4, -0.2) is 50.3 Å². The van der Waals surface area contributed by atoms with E-state index in [4.69, 9.17) is 4.74 Å². The summed E-state index contributed by atoms with van der Waals surface area (Å²) in [4.78, 5) is 10.8. The first-order valence-electron chi connectivity index (χ1n) is 7.46. The second-order valence-corrected chi connectivity index (χ2v) is 4.76. The number of carbonyl (C=O) groups is 1. The molecule has 0 heterocycles. The van der Waals surface area contributed by atoms with Crippen molar-refractivity contribution in [2.24, 2.45) is 0 Å². The quantitative estimate of drug-likeness (QED) is 0.312. The van der Waals surface area contributed by atoms with Crippen molar-refractivity contribution in [2.75, 3.05) is 6.61 Å². The summed E-state index contributed by atoms with van der Waals surface area (Å²) in [5, 5.41) is 0. The summed E-state index contributed by atoms with van der Waals surface area (Å²) in [6, 6.07) is 0. The monoisotopic (exact) mass is 308 g/mol. The molecule has 108 valence electrons. The Bertz CT molecular complexity index is 190. The van der Waals surface area contributed by atoms with Crippen LogP contribution in [0.2, 0.25) is 0 Å². The van der Waals surface area contributed by atoms with Crippen molar-refractivity contribution >= 4 is 43.7 Å². The third-order valence-corrected chi connectivity index (χ3v) is 3.05. The fourth-order valence-corrected chi connectivity index (χ4v) is 1.88. The molecule has 0 saturated carbocycles. The minimum atomic E-state index is -0.0686. The van der Waals surface area contributed by atoms with Crippen LogP contribution in [0.5, 0.6) is 0 Å². The average molecular weight is 308 g/mol. The molecule has 0 bridgehead atoms. The molecule has 0 aromatic carbocycles. The molecule has 0 aliphatic carbocycles. The van der Waals surface area contributed by atoms with Gasteiger partial charge in [0.2, 0.25) is 0 Å². The van der Waals surface area contributed by atoms with E-state index in [-0.39, 0.29) is 77.5 Å². The molecule has 0 atom stereocenters. The Kier molecular flexibility index (Phi) is 29.7. The van der Waals surface area contributed by atoms with E-state index in [1.54, 1.807) is 0 Å². The van der Waals surface area contributed by atoms with Crippen LogP contribution < -0.4 is 29.6 Å². The van der Waals surface area contributed by atoms with Crippen LogP contribution in [0.4, 0.5) is 0 Å². The standard InChI is InChI=1S/C15H30O2.Ca.Na.3H/c1-3-5-6-7-8-9-10-11-12-13-14-17-15(16)4-2;;;;;/h3-14H2,1-2H3;;;;;/q;+2;+1;3*-1. The van der Waals surface area contributed by atoms with Gasteiger partial charge in [-0.05, 0) is 6.42 Å². The molecule has 2 nitrogen and oxygen atoms in total. The zero-order valence-corrected chi connectivity index (χ0v) is 17.7. The van der Waals surface area contributed by atoms with Crippen LogP contribution in [0, 0.1) is 0 Å². The van der Waals surface area contributed by atoms with Crippen molar-refractivity contribution in [1.29, 1.82) is 0 Å². The van der Waals surface area contributed by atoms with Gasteiger partial charge in [0.15, 0.2) is 0 Å². The molecule has 0 fully saturated rings. The normalized spacial score (nSPS) is 9.37. The van der Waals surface area contributed by atoms with Gasteiger partial charge in [-0.1, -0.05) is 71.6 Å². The van der Waals surface area contributed by atoms with Crippen molar-refractivity contribution < 1.29 is 43.4 Å². The molecule has 0 rings (SSSR count). The van der Waals surface area contributed by atoms with Gasteiger partial charge in [0.05, 0.1) is 6.61 Å². The molecule has 4 heteroatoms. The van der Waals surface area contributed by atoms with E-state index >= 15 is 0 Å². The zero-order valence-electron chi connectivity index (χ0n) is 16.5. The Hall–Kier alpha value is 1.73. The van der Waals surface area contributed by atoms with Gasteiger partial charge in [0.25, 0.3) is 0 Å². The Balaban J connectivity index is -0.000000128. The molecule has 19 heavy (non-hydrogen) atoms. The third-order valence-electron chi connectivity index (χ3n) is 3.05. The second-order valence-electron chi connectivity index (χ2n) is 4.76. The van der Waals surface area contributed by atoms with Crippen LogP contribution in [0.25, 0.3) is 0 Å². The van der Waals surface area contributed by atoms with Crippen molar-refractivity contribution in [2.45, 2.75) is 84.5 Å². The van der Waals surface area contributed by atoms with E-state index in [2.05, 4.69) is 6.92 Å². The molecule has 0 radical (unpaired) electrons. The maximum atomic E-state index is 10.8. The second kappa shape index (κ2) is 22.0. The SMILES string of the molecule is CCCCCCCCCCCCOC(=O)CC.[Ca+2].[H-].[H-].[H-].[Na+]. The Morgan fingerprint density at radius 1 is 0.842 bits per heavy atom. The molecule has 0 aromatic rings. The van der Waals surface area contributed by atoms with Crippen molar-refractivity contribution in [3.05, 3.63) is 0 Å². The van der Waals surface area contributed by atoms with Crippen molar-refractivity contribution in [3.8, 4) is 0 Å². The summed E-state index contributed by atoms with van der Waals surface area (Å²) in [7, 11) is 0. The van der Waals surface area contributed by atoms with Gasteiger partial charge in [-0.3, -0.25) is 4.79 Å². The largest absolute Gasteiger partial charge is 2.00 e. The molecule has 0 aromatic heterocycles. The average Bonchev–Trinajstić information content (AvgIpc) is 2.35. The predicted octanol–water partition coefficient (Wildman–Crippen LogP) is 1.82. The van der Waals surface area contributed by atoms with Gasteiger partial charge in [0.1, 0.15) is 0 Å². The Morgan fingerprint density at radius 2 is 1.26 bits per heavy atom. The maximum Gasteiger partial charge on any atom is 2.00 e. The van der Waals surface area contributed by atoms with Gasteiger partial charge >= 0.3 is 73.3 Å². The van der Waals surface area contributed by atoms with E-state index in [0.29, 0.717) is 13.0 Å². The van der Waals surface area contributed by atoms with Crippen LogP contribution >= 0.6 is 0 Å². The van der Waals surface area contributed by atoms with Crippen molar-refractivity contribution in [3.63, 3.8) is 0 Å². The topological polar surface area (TPSA) is 26.3 Å².